The number of hydrogen-bond acceptors (Lipinski definition) is 5. The molecule has 1 N–H and O–H groups in total. The van der Waals surface area contributed by atoms with Gasteiger partial charge in [0.1, 0.15) is 10.7 Å². The molecular weight excluding hydrogens is 363 g/mol. The maximum atomic E-state index is 12.5. The van der Waals surface area contributed by atoms with E-state index in [-0.39, 0.29) is 5.91 Å². The number of nitrogens with one attached hydrogen (secondary N) is 1. The summed E-state index contributed by atoms with van der Waals surface area (Å²) in [5.74, 6) is 0.290. The van der Waals surface area contributed by atoms with Gasteiger partial charge in [-0.1, -0.05) is 41.0 Å². The number of benzene rings is 1. The summed E-state index contributed by atoms with van der Waals surface area (Å²) in [5.41, 5.74) is 2.77. The van der Waals surface area contributed by atoms with Crippen LogP contribution in [0.4, 0.5) is 0 Å². The molecule has 0 bridgehead atoms. The molecule has 9 heteroatoms. The number of nitrogens with zero attached hydrogens (tertiary/aromatic N) is 3. The van der Waals surface area contributed by atoms with Crippen molar-refractivity contribution >= 4 is 62.3 Å². The molecule has 0 aliphatic heterocycles. The molecule has 22 heavy (non-hydrogen) atoms. The highest BCUT2D eigenvalue weighted by Gasteiger charge is 2.19. The average Bonchev–Trinajstić information content (AvgIpc) is 3.00. The molecule has 0 saturated carbocycles. The van der Waals surface area contributed by atoms with Crippen molar-refractivity contribution in [3.8, 4) is 0 Å². The fourth-order valence-electron chi connectivity index (χ4n) is 1.94. The molecule has 1 aromatic carbocycles. The van der Waals surface area contributed by atoms with Crippen molar-refractivity contribution in [2.75, 3.05) is 11.7 Å². The Morgan fingerprint density at radius 3 is 2.86 bits per heavy atom. The Morgan fingerprint density at radius 1 is 1.36 bits per heavy atom. The van der Waals surface area contributed by atoms with Crippen LogP contribution in [-0.4, -0.2) is 27.0 Å². The van der Waals surface area contributed by atoms with Crippen LogP contribution >= 0.6 is 46.3 Å². The van der Waals surface area contributed by atoms with Gasteiger partial charge in [0.2, 0.25) is 5.16 Å². The van der Waals surface area contributed by atoms with Crippen molar-refractivity contribution < 1.29 is 4.79 Å². The van der Waals surface area contributed by atoms with Gasteiger partial charge in [-0.2, -0.15) is 0 Å². The van der Waals surface area contributed by atoms with Crippen LogP contribution in [0.15, 0.2) is 23.4 Å². The topological polar surface area (TPSA) is 59.8 Å². The highest BCUT2D eigenvalue weighted by atomic mass is 35.5. The van der Waals surface area contributed by atoms with Gasteiger partial charge in [-0.25, -0.2) is 4.68 Å². The Bertz CT molecular complexity index is 874. The van der Waals surface area contributed by atoms with Gasteiger partial charge in [0.05, 0.1) is 5.02 Å². The fourth-order valence-corrected chi connectivity index (χ4v) is 4.11. The fraction of sp³-hybridized carbons (Fsp3) is 0.154. The summed E-state index contributed by atoms with van der Waals surface area (Å²) in [6, 6.07) is 5.35. The van der Waals surface area contributed by atoms with Gasteiger partial charge in [-0.3, -0.25) is 10.2 Å². The third-order valence-corrected chi connectivity index (χ3v) is 5.51. The van der Waals surface area contributed by atoms with Crippen LogP contribution in [0.2, 0.25) is 10.0 Å². The number of aromatic nitrogens is 3. The molecule has 0 radical (unpaired) electrons. The average molecular weight is 373 g/mol. The molecule has 114 valence electrons. The predicted octanol–water partition coefficient (Wildman–Crippen LogP) is 4.21. The van der Waals surface area contributed by atoms with Gasteiger partial charge >= 0.3 is 0 Å². The van der Waals surface area contributed by atoms with Crippen molar-refractivity contribution in [2.24, 2.45) is 0 Å². The van der Waals surface area contributed by atoms with E-state index in [9.17, 15) is 4.79 Å². The maximum Gasteiger partial charge on any atom is 0.281 e. The van der Waals surface area contributed by atoms with E-state index in [0.717, 1.165) is 10.1 Å². The van der Waals surface area contributed by atoms with Gasteiger partial charge in [0.25, 0.3) is 5.91 Å². The monoisotopic (exact) mass is 372 g/mol. The highest BCUT2D eigenvalue weighted by Crippen LogP contribution is 2.36. The zero-order chi connectivity index (χ0) is 15.9. The summed E-state index contributed by atoms with van der Waals surface area (Å²) >= 11 is 15.0. The second-order valence-electron chi connectivity index (χ2n) is 4.40. The maximum absolute atomic E-state index is 12.5. The number of rotatable bonds is 3. The van der Waals surface area contributed by atoms with E-state index in [2.05, 4.69) is 15.6 Å². The Balaban J connectivity index is 1.99. The second-order valence-corrected chi connectivity index (χ2v) is 7.04. The van der Waals surface area contributed by atoms with Crippen molar-refractivity contribution in [1.82, 2.24) is 14.9 Å². The Morgan fingerprint density at radius 2 is 2.14 bits per heavy atom. The van der Waals surface area contributed by atoms with Crippen LogP contribution in [-0.2, 0) is 0 Å². The molecule has 2 heterocycles. The van der Waals surface area contributed by atoms with Crippen LogP contribution in [0, 0.1) is 6.92 Å². The van der Waals surface area contributed by atoms with Gasteiger partial charge in [0.15, 0.2) is 0 Å². The van der Waals surface area contributed by atoms with Crippen LogP contribution in [0.25, 0.3) is 10.1 Å². The van der Waals surface area contributed by atoms with E-state index in [1.807, 2.05) is 12.3 Å². The van der Waals surface area contributed by atoms with Crippen molar-refractivity contribution in [3.63, 3.8) is 0 Å². The first-order valence-electron chi connectivity index (χ1n) is 6.16. The zero-order valence-corrected chi connectivity index (χ0v) is 14.7. The lowest BCUT2D eigenvalue weighted by Crippen LogP contribution is -2.24. The van der Waals surface area contributed by atoms with Gasteiger partial charge in [0, 0.05) is 15.1 Å². The van der Waals surface area contributed by atoms with E-state index in [0.29, 0.717) is 25.9 Å². The second kappa shape index (κ2) is 6.08. The minimum atomic E-state index is -0.305. The number of aryl methyl sites for hydroxylation is 1. The number of carbonyl (C=O) groups excluding carboxylic acids is 1. The number of hydrogen-bond donors (Lipinski definition) is 1. The quantitative estimate of drug-likeness (QED) is 0.699. The van der Waals surface area contributed by atoms with E-state index >= 15 is 0 Å². The lowest BCUT2D eigenvalue weighted by molar-refractivity contribution is 0.101. The third kappa shape index (κ3) is 2.69. The lowest BCUT2D eigenvalue weighted by atomic mass is 10.2. The largest absolute Gasteiger partial charge is 0.281 e. The SMILES string of the molecule is CSc1nnc(C)n1NC(=O)c1sc2cc(Cl)ccc2c1Cl. The first-order valence-corrected chi connectivity index (χ1v) is 8.96. The Kier molecular flexibility index (Phi) is 4.31. The molecule has 3 rings (SSSR count). The Hall–Kier alpha value is -1.28. The van der Waals surface area contributed by atoms with Gasteiger partial charge in [-0.05, 0) is 25.3 Å². The van der Waals surface area contributed by atoms with Crippen LogP contribution < -0.4 is 5.43 Å². The number of carbonyl (C=O) groups is 1. The summed E-state index contributed by atoms with van der Waals surface area (Å²) in [7, 11) is 0. The molecule has 0 spiro atoms. The number of thioether (sulfide) groups is 1. The van der Waals surface area contributed by atoms with E-state index < -0.39 is 0 Å². The molecule has 3 aromatic rings. The van der Waals surface area contributed by atoms with Crippen molar-refractivity contribution in [1.29, 1.82) is 0 Å². The molecule has 0 fully saturated rings. The number of amides is 1. The van der Waals surface area contributed by atoms with Gasteiger partial charge in [-0.15, -0.1) is 21.5 Å². The standard InChI is InChI=1S/C13H10Cl2N4OS2/c1-6-16-17-13(21-2)19(6)18-12(20)11-10(15)8-4-3-7(14)5-9(8)22-11/h3-5H,1-2H3,(H,18,20). The summed E-state index contributed by atoms with van der Waals surface area (Å²) in [6.07, 6.45) is 1.86. The number of halogens is 2. The van der Waals surface area contributed by atoms with E-state index in [1.54, 1.807) is 23.7 Å². The first kappa shape index (κ1) is 15.6. The number of thiophene rings is 1. The van der Waals surface area contributed by atoms with Crippen LogP contribution in [0.3, 0.4) is 0 Å². The highest BCUT2D eigenvalue weighted by molar-refractivity contribution is 7.98. The van der Waals surface area contributed by atoms with E-state index in [1.165, 1.54) is 23.1 Å². The normalized spacial score (nSPS) is 11.1. The predicted molar refractivity (Wildman–Crippen MR) is 92.1 cm³/mol. The van der Waals surface area contributed by atoms with Crippen LogP contribution in [0.1, 0.15) is 15.5 Å². The summed E-state index contributed by atoms with van der Waals surface area (Å²) in [4.78, 5) is 12.9. The molecule has 0 unspecified atom stereocenters. The summed E-state index contributed by atoms with van der Waals surface area (Å²) in [5, 5.41) is 10.4. The minimum absolute atomic E-state index is 0.305. The molecular formula is C13H10Cl2N4OS2. The molecule has 0 saturated heterocycles. The smallest absolute Gasteiger partial charge is 0.266 e. The summed E-state index contributed by atoms with van der Waals surface area (Å²) in [6.45, 7) is 1.76. The lowest BCUT2D eigenvalue weighted by Gasteiger charge is -2.08. The Labute approximate surface area is 144 Å². The molecule has 5 nitrogen and oxygen atoms in total. The minimum Gasteiger partial charge on any atom is -0.266 e. The molecule has 0 aliphatic carbocycles. The van der Waals surface area contributed by atoms with Gasteiger partial charge < -0.3 is 0 Å². The molecule has 0 atom stereocenters. The number of fused-ring (bicyclic) bond motifs is 1. The molecule has 0 aliphatic rings. The zero-order valence-electron chi connectivity index (χ0n) is 11.6. The summed E-state index contributed by atoms with van der Waals surface area (Å²) < 4.78 is 2.41. The molecule has 2 aromatic heterocycles. The first-order chi connectivity index (χ1) is 10.5. The molecule has 1 amide bonds. The van der Waals surface area contributed by atoms with Crippen molar-refractivity contribution in [3.05, 3.63) is 38.9 Å². The third-order valence-electron chi connectivity index (χ3n) is 2.99. The van der Waals surface area contributed by atoms with E-state index in [4.69, 9.17) is 23.2 Å². The van der Waals surface area contributed by atoms with Crippen LogP contribution in [0.5, 0.6) is 0 Å². The van der Waals surface area contributed by atoms with Crippen molar-refractivity contribution in [2.45, 2.75) is 12.1 Å².